The molecule has 4 heteroatoms. The maximum atomic E-state index is 6.28. The van der Waals surface area contributed by atoms with Gasteiger partial charge in [-0.2, -0.15) is 0 Å². The first kappa shape index (κ1) is 22.6. The zero-order chi connectivity index (χ0) is 24.3. The molecule has 0 radical (unpaired) electrons. The van der Waals surface area contributed by atoms with E-state index in [1.165, 1.54) is 16.8 Å². The minimum Gasteiger partial charge on any atom is -0.488 e. The zero-order valence-electron chi connectivity index (χ0n) is 19.8. The fraction of sp³-hybridized carbons (Fsp3) is 0.156. The van der Waals surface area contributed by atoms with Crippen molar-refractivity contribution in [2.24, 2.45) is 10.9 Å². The quantitative estimate of drug-likeness (QED) is 0.217. The number of benzene rings is 4. The van der Waals surface area contributed by atoms with Crippen LogP contribution in [-0.4, -0.2) is 6.21 Å². The third-order valence-corrected chi connectivity index (χ3v) is 7.51. The van der Waals surface area contributed by atoms with Crippen LogP contribution < -0.4 is 10.1 Å². The molecule has 1 N–H and O–H groups in total. The molecule has 178 valence electrons. The van der Waals surface area contributed by atoms with Crippen molar-refractivity contribution in [2.75, 3.05) is 5.32 Å². The van der Waals surface area contributed by atoms with Gasteiger partial charge in [0.1, 0.15) is 12.4 Å². The summed E-state index contributed by atoms with van der Waals surface area (Å²) in [6, 6.07) is 33.2. The lowest BCUT2D eigenvalue weighted by Crippen LogP contribution is -2.28. The Balaban J connectivity index is 1.18. The van der Waals surface area contributed by atoms with Gasteiger partial charge in [0.2, 0.25) is 0 Å². The lowest BCUT2D eigenvalue weighted by atomic mass is 9.77. The van der Waals surface area contributed by atoms with Crippen LogP contribution in [-0.2, 0) is 6.61 Å². The molecule has 6 rings (SSSR count). The molecule has 4 aromatic carbocycles. The standard InChI is InChI=1S/C32H27ClN2O/c33-29-13-4-1-9-24(29)21-36-31-15-6-2-8-23(31)20-34-25-18-16-22(17-19-25)32-28-12-7-11-26(28)27-10-3-5-14-30(27)35-32/h1-11,13-20,26,28,32,35H,12,21H2/t26-,28+,32-/m0/s1. The minimum atomic E-state index is 0.289. The highest BCUT2D eigenvalue weighted by Gasteiger charge is 2.37. The summed E-state index contributed by atoms with van der Waals surface area (Å²) in [6.07, 6.45) is 7.67. The number of hydrogen-bond donors (Lipinski definition) is 1. The number of halogens is 1. The van der Waals surface area contributed by atoms with Gasteiger partial charge in [0.25, 0.3) is 0 Å². The molecule has 0 bridgehead atoms. The average Bonchev–Trinajstić information content (AvgIpc) is 3.42. The minimum absolute atomic E-state index is 0.289. The number of rotatable bonds is 6. The van der Waals surface area contributed by atoms with E-state index in [0.717, 1.165) is 29.0 Å². The molecule has 36 heavy (non-hydrogen) atoms. The first-order valence-corrected chi connectivity index (χ1v) is 12.8. The molecule has 3 atom stereocenters. The van der Waals surface area contributed by atoms with Crippen molar-refractivity contribution >= 4 is 29.2 Å². The second-order valence-corrected chi connectivity index (χ2v) is 9.74. The largest absolute Gasteiger partial charge is 0.488 e. The van der Waals surface area contributed by atoms with Crippen molar-refractivity contribution in [1.29, 1.82) is 0 Å². The molecule has 1 aliphatic carbocycles. The van der Waals surface area contributed by atoms with Crippen LogP contribution in [0, 0.1) is 5.92 Å². The summed E-state index contributed by atoms with van der Waals surface area (Å²) in [6.45, 7) is 0.410. The first-order chi connectivity index (χ1) is 17.8. The second kappa shape index (κ2) is 10.0. The lowest BCUT2D eigenvalue weighted by molar-refractivity contribution is 0.306. The van der Waals surface area contributed by atoms with Crippen LogP contribution in [0.4, 0.5) is 11.4 Å². The van der Waals surface area contributed by atoms with Gasteiger partial charge in [0, 0.05) is 34.0 Å². The van der Waals surface area contributed by atoms with Gasteiger partial charge < -0.3 is 10.1 Å². The fourth-order valence-corrected chi connectivity index (χ4v) is 5.47. The Bertz CT molecular complexity index is 1430. The first-order valence-electron chi connectivity index (χ1n) is 12.4. The van der Waals surface area contributed by atoms with Gasteiger partial charge in [-0.25, -0.2) is 0 Å². The van der Waals surface area contributed by atoms with E-state index in [9.17, 15) is 0 Å². The topological polar surface area (TPSA) is 33.6 Å². The number of aliphatic imine (C=N–C) groups is 1. The molecule has 2 aliphatic rings. The Labute approximate surface area is 217 Å². The Morgan fingerprint density at radius 2 is 1.67 bits per heavy atom. The molecule has 4 aromatic rings. The maximum absolute atomic E-state index is 6.28. The summed E-state index contributed by atoms with van der Waals surface area (Å²) in [4.78, 5) is 4.73. The summed E-state index contributed by atoms with van der Waals surface area (Å²) in [5, 5.41) is 4.50. The van der Waals surface area contributed by atoms with Gasteiger partial charge in [-0.3, -0.25) is 4.99 Å². The van der Waals surface area contributed by atoms with E-state index < -0.39 is 0 Å². The SMILES string of the molecule is Clc1ccccc1COc1ccccc1C=Nc1ccc([C@@H]2Nc3ccccc3[C@@H]3C=CC[C@H]32)cc1. The summed E-state index contributed by atoms with van der Waals surface area (Å²) in [5.74, 6) is 1.80. The number of ether oxygens (including phenoxy) is 1. The van der Waals surface area contributed by atoms with E-state index >= 15 is 0 Å². The van der Waals surface area contributed by atoms with E-state index in [0.29, 0.717) is 23.5 Å². The van der Waals surface area contributed by atoms with Crippen molar-refractivity contribution < 1.29 is 4.74 Å². The van der Waals surface area contributed by atoms with Crippen molar-refractivity contribution in [1.82, 2.24) is 0 Å². The number of allylic oxidation sites excluding steroid dienone is 2. The van der Waals surface area contributed by atoms with Crippen LogP contribution in [0.2, 0.25) is 5.02 Å². The van der Waals surface area contributed by atoms with Crippen LogP contribution in [0.3, 0.4) is 0 Å². The van der Waals surface area contributed by atoms with Crippen molar-refractivity contribution in [3.05, 3.63) is 136 Å². The maximum Gasteiger partial charge on any atom is 0.128 e. The zero-order valence-corrected chi connectivity index (χ0v) is 20.6. The van der Waals surface area contributed by atoms with Crippen molar-refractivity contribution in [2.45, 2.75) is 25.0 Å². The molecule has 0 saturated heterocycles. The smallest absolute Gasteiger partial charge is 0.128 e. The number of anilines is 1. The number of fused-ring (bicyclic) bond motifs is 3. The highest BCUT2D eigenvalue weighted by atomic mass is 35.5. The molecule has 0 unspecified atom stereocenters. The van der Waals surface area contributed by atoms with Gasteiger partial charge in [-0.1, -0.05) is 84.4 Å². The number of hydrogen-bond acceptors (Lipinski definition) is 3. The van der Waals surface area contributed by atoms with Gasteiger partial charge in [-0.15, -0.1) is 0 Å². The number of nitrogens with zero attached hydrogens (tertiary/aromatic N) is 1. The molecule has 3 nitrogen and oxygen atoms in total. The number of para-hydroxylation sites is 2. The Morgan fingerprint density at radius 3 is 2.56 bits per heavy atom. The molecular weight excluding hydrogens is 464 g/mol. The third-order valence-electron chi connectivity index (χ3n) is 7.14. The van der Waals surface area contributed by atoms with Gasteiger partial charge >= 0.3 is 0 Å². The molecule has 0 spiro atoms. The van der Waals surface area contributed by atoms with Gasteiger partial charge in [-0.05, 0) is 59.9 Å². The van der Waals surface area contributed by atoms with E-state index in [1.807, 2.05) is 54.7 Å². The van der Waals surface area contributed by atoms with Crippen LogP contribution in [0.1, 0.15) is 40.6 Å². The second-order valence-electron chi connectivity index (χ2n) is 9.33. The summed E-state index contributed by atoms with van der Waals surface area (Å²) >= 11 is 6.28. The molecule has 0 amide bonds. The van der Waals surface area contributed by atoms with Crippen molar-refractivity contribution in [3.63, 3.8) is 0 Å². The molecule has 0 aromatic heterocycles. The average molecular weight is 491 g/mol. The third kappa shape index (κ3) is 4.55. The van der Waals surface area contributed by atoms with Gasteiger partial charge in [0.05, 0.1) is 11.7 Å². The van der Waals surface area contributed by atoms with Gasteiger partial charge in [0.15, 0.2) is 0 Å². The van der Waals surface area contributed by atoms with Crippen LogP contribution in [0.25, 0.3) is 0 Å². The summed E-state index contributed by atoms with van der Waals surface area (Å²) < 4.78 is 6.07. The summed E-state index contributed by atoms with van der Waals surface area (Å²) in [7, 11) is 0. The Hall–Kier alpha value is -3.82. The highest BCUT2D eigenvalue weighted by Crippen LogP contribution is 2.49. The van der Waals surface area contributed by atoms with E-state index in [2.05, 4.69) is 66.0 Å². The summed E-state index contributed by atoms with van der Waals surface area (Å²) in [5.41, 5.74) is 6.75. The fourth-order valence-electron chi connectivity index (χ4n) is 5.27. The molecule has 1 aliphatic heterocycles. The van der Waals surface area contributed by atoms with E-state index in [4.69, 9.17) is 21.3 Å². The molecule has 0 fully saturated rings. The van der Waals surface area contributed by atoms with E-state index in [1.54, 1.807) is 0 Å². The Morgan fingerprint density at radius 1 is 0.889 bits per heavy atom. The Kier molecular flexibility index (Phi) is 6.31. The predicted molar refractivity (Wildman–Crippen MR) is 149 cm³/mol. The van der Waals surface area contributed by atoms with Crippen LogP contribution in [0.5, 0.6) is 5.75 Å². The van der Waals surface area contributed by atoms with Crippen molar-refractivity contribution in [3.8, 4) is 5.75 Å². The molecular formula is C32H27ClN2O. The lowest BCUT2D eigenvalue weighted by Gasteiger charge is -2.37. The monoisotopic (exact) mass is 490 g/mol. The predicted octanol–water partition coefficient (Wildman–Crippen LogP) is 8.50. The van der Waals surface area contributed by atoms with E-state index in [-0.39, 0.29) is 6.04 Å². The van der Waals surface area contributed by atoms with Crippen LogP contribution >= 0.6 is 11.6 Å². The van der Waals surface area contributed by atoms with Crippen LogP contribution in [0.15, 0.2) is 114 Å². The normalized spacial score (nSPS) is 20.1. The number of nitrogens with one attached hydrogen (secondary N) is 1. The highest BCUT2D eigenvalue weighted by molar-refractivity contribution is 6.31. The molecule has 1 heterocycles. The molecule has 0 saturated carbocycles.